The second kappa shape index (κ2) is 8.25. The predicted molar refractivity (Wildman–Crippen MR) is 75.5 cm³/mol. The zero-order valence-corrected chi connectivity index (χ0v) is 12.8. The monoisotopic (exact) mass is 291 g/mol. The highest BCUT2D eigenvalue weighted by Gasteiger charge is 2.36. The molecule has 1 unspecified atom stereocenters. The number of hydrogen-bond donors (Lipinski definition) is 0. The van der Waals surface area contributed by atoms with Gasteiger partial charge in [-0.25, -0.2) is 0 Å². The van der Waals surface area contributed by atoms with Gasteiger partial charge in [0, 0.05) is 6.54 Å². The van der Waals surface area contributed by atoms with Crippen molar-refractivity contribution in [2.24, 2.45) is 5.92 Å². The third kappa shape index (κ3) is 7.48. The Kier molecular flexibility index (Phi) is 7.79. The van der Waals surface area contributed by atoms with Crippen LogP contribution in [0.1, 0.15) is 33.6 Å². The zero-order valence-electron chi connectivity index (χ0n) is 12.8. The standard InChI is InChI=1S/C15H24F3NO/c1-6-11(2)9-13(7-8-19(4)5)14(10-12(3)20)15(16,17)18/h9-11H,6-8H2,1-5H3/b13-9-,14-10+. The Balaban J connectivity index is 5.54. The van der Waals surface area contributed by atoms with Gasteiger partial charge in [0.15, 0.2) is 5.78 Å². The SMILES string of the molecule is CCC(C)/C=C(CCN(C)C)\C(=C/C(C)=O)C(F)(F)F. The Morgan fingerprint density at radius 1 is 1.30 bits per heavy atom. The summed E-state index contributed by atoms with van der Waals surface area (Å²) < 4.78 is 39.4. The van der Waals surface area contributed by atoms with Crippen molar-refractivity contribution in [2.45, 2.75) is 39.8 Å². The molecule has 1 atom stereocenters. The minimum atomic E-state index is -4.50. The second-order valence-corrected chi connectivity index (χ2v) is 5.30. The molecule has 0 bridgehead atoms. The van der Waals surface area contributed by atoms with E-state index in [1.807, 2.05) is 32.8 Å². The number of nitrogens with zero attached hydrogens (tertiary/aromatic N) is 1. The van der Waals surface area contributed by atoms with Crippen LogP contribution in [0.5, 0.6) is 0 Å². The van der Waals surface area contributed by atoms with Crippen molar-refractivity contribution >= 4 is 5.78 Å². The van der Waals surface area contributed by atoms with Crippen molar-refractivity contribution in [3.8, 4) is 0 Å². The molecule has 2 nitrogen and oxygen atoms in total. The lowest BCUT2D eigenvalue weighted by molar-refractivity contribution is -0.114. The fourth-order valence-electron chi connectivity index (χ4n) is 1.67. The van der Waals surface area contributed by atoms with Crippen LogP contribution in [0.15, 0.2) is 23.3 Å². The number of carbonyl (C=O) groups excluding carboxylic acids is 1. The van der Waals surface area contributed by atoms with Gasteiger partial charge < -0.3 is 4.90 Å². The lowest BCUT2D eigenvalue weighted by atomic mass is 9.95. The van der Waals surface area contributed by atoms with Crippen LogP contribution in [0.3, 0.4) is 0 Å². The molecular weight excluding hydrogens is 267 g/mol. The summed E-state index contributed by atoms with van der Waals surface area (Å²) in [6.07, 6.45) is -1.14. The number of halogens is 3. The van der Waals surface area contributed by atoms with Gasteiger partial charge in [0.1, 0.15) is 0 Å². The average molecular weight is 291 g/mol. The van der Waals surface area contributed by atoms with Gasteiger partial charge >= 0.3 is 6.18 Å². The van der Waals surface area contributed by atoms with E-state index in [0.717, 1.165) is 13.3 Å². The van der Waals surface area contributed by atoms with Crippen LogP contribution in [-0.2, 0) is 4.79 Å². The third-order valence-electron chi connectivity index (χ3n) is 2.96. The molecule has 0 aliphatic heterocycles. The van der Waals surface area contributed by atoms with E-state index in [1.165, 1.54) is 0 Å². The molecule has 0 radical (unpaired) electrons. The first-order chi connectivity index (χ1) is 9.07. The molecule has 0 aromatic rings. The lowest BCUT2D eigenvalue weighted by Gasteiger charge is -2.19. The Labute approximate surface area is 119 Å². The highest BCUT2D eigenvalue weighted by atomic mass is 19.4. The summed E-state index contributed by atoms with van der Waals surface area (Å²) in [6, 6.07) is 0. The highest BCUT2D eigenvalue weighted by Crippen LogP contribution is 2.33. The van der Waals surface area contributed by atoms with Crippen LogP contribution in [0.4, 0.5) is 13.2 Å². The number of carbonyl (C=O) groups is 1. The van der Waals surface area contributed by atoms with Crippen molar-refractivity contribution in [3.63, 3.8) is 0 Å². The summed E-state index contributed by atoms with van der Waals surface area (Å²) in [5, 5.41) is 0. The number of hydrogen-bond acceptors (Lipinski definition) is 2. The maximum absolute atomic E-state index is 13.1. The highest BCUT2D eigenvalue weighted by molar-refractivity contribution is 5.89. The topological polar surface area (TPSA) is 20.3 Å². The number of ketones is 1. The lowest BCUT2D eigenvalue weighted by Crippen LogP contribution is -2.20. The van der Waals surface area contributed by atoms with Gasteiger partial charge in [-0.05, 0) is 45.0 Å². The molecule has 0 aromatic carbocycles. The van der Waals surface area contributed by atoms with Gasteiger partial charge in [0.25, 0.3) is 0 Å². The molecule has 20 heavy (non-hydrogen) atoms. The van der Waals surface area contributed by atoms with E-state index in [2.05, 4.69) is 0 Å². The molecule has 0 aromatic heterocycles. The van der Waals surface area contributed by atoms with Gasteiger partial charge in [0.05, 0.1) is 5.57 Å². The van der Waals surface area contributed by atoms with Crippen LogP contribution in [0.25, 0.3) is 0 Å². The Hall–Kier alpha value is -1.10. The van der Waals surface area contributed by atoms with E-state index < -0.39 is 17.5 Å². The van der Waals surface area contributed by atoms with E-state index in [1.54, 1.807) is 6.08 Å². The summed E-state index contributed by atoms with van der Waals surface area (Å²) in [5.41, 5.74) is -0.608. The summed E-state index contributed by atoms with van der Waals surface area (Å²) in [7, 11) is 3.62. The molecule has 0 rings (SSSR count). The Bertz CT molecular complexity index is 381. The molecular formula is C15H24F3NO. The maximum atomic E-state index is 13.1. The molecule has 0 amide bonds. The first kappa shape index (κ1) is 18.9. The smallest absolute Gasteiger partial charge is 0.309 e. The Morgan fingerprint density at radius 3 is 2.20 bits per heavy atom. The van der Waals surface area contributed by atoms with Crippen molar-refractivity contribution in [1.29, 1.82) is 0 Å². The largest absolute Gasteiger partial charge is 0.416 e. The van der Waals surface area contributed by atoms with Crippen LogP contribution in [0.2, 0.25) is 0 Å². The molecule has 0 N–H and O–H groups in total. The molecule has 0 spiro atoms. The Morgan fingerprint density at radius 2 is 1.85 bits per heavy atom. The van der Waals surface area contributed by atoms with Crippen molar-refractivity contribution in [3.05, 3.63) is 23.3 Å². The summed E-state index contributed by atoms with van der Waals surface area (Å²) in [4.78, 5) is 12.9. The molecule has 5 heteroatoms. The molecule has 116 valence electrons. The summed E-state index contributed by atoms with van der Waals surface area (Å²) >= 11 is 0. The van der Waals surface area contributed by atoms with E-state index in [4.69, 9.17) is 0 Å². The summed E-state index contributed by atoms with van der Waals surface area (Å²) in [6.45, 7) is 5.44. The molecule has 0 saturated heterocycles. The van der Waals surface area contributed by atoms with Crippen molar-refractivity contribution < 1.29 is 18.0 Å². The first-order valence-corrected chi connectivity index (χ1v) is 6.73. The number of rotatable bonds is 7. The third-order valence-corrected chi connectivity index (χ3v) is 2.96. The molecule has 0 saturated carbocycles. The normalized spacial score (nSPS) is 15.7. The minimum Gasteiger partial charge on any atom is -0.309 e. The van der Waals surface area contributed by atoms with E-state index in [-0.39, 0.29) is 17.9 Å². The van der Waals surface area contributed by atoms with E-state index in [0.29, 0.717) is 12.6 Å². The fourth-order valence-corrected chi connectivity index (χ4v) is 1.67. The first-order valence-electron chi connectivity index (χ1n) is 6.73. The maximum Gasteiger partial charge on any atom is 0.416 e. The van der Waals surface area contributed by atoms with Gasteiger partial charge in [-0.2, -0.15) is 13.2 Å². The van der Waals surface area contributed by atoms with Crippen molar-refractivity contribution in [1.82, 2.24) is 4.90 Å². The van der Waals surface area contributed by atoms with Crippen LogP contribution >= 0.6 is 0 Å². The van der Waals surface area contributed by atoms with Crippen LogP contribution < -0.4 is 0 Å². The average Bonchev–Trinajstić information content (AvgIpc) is 2.29. The van der Waals surface area contributed by atoms with Gasteiger partial charge in [-0.15, -0.1) is 0 Å². The fraction of sp³-hybridized carbons (Fsp3) is 0.667. The van der Waals surface area contributed by atoms with Gasteiger partial charge in [0.2, 0.25) is 0 Å². The summed E-state index contributed by atoms with van der Waals surface area (Å²) in [5.74, 6) is -0.540. The van der Waals surface area contributed by atoms with Crippen LogP contribution in [0, 0.1) is 5.92 Å². The quantitative estimate of drug-likeness (QED) is 0.522. The van der Waals surface area contributed by atoms with Gasteiger partial charge in [-0.3, -0.25) is 4.79 Å². The minimum absolute atomic E-state index is 0.0462. The second-order valence-electron chi connectivity index (χ2n) is 5.30. The van der Waals surface area contributed by atoms with E-state index in [9.17, 15) is 18.0 Å². The van der Waals surface area contributed by atoms with Gasteiger partial charge in [-0.1, -0.05) is 26.3 Å². The number of alkyl halides is 3. The van der Waals surface area contributed by atoms with Crippen molar-refractivity contribution in [2.75, 3.05) is 20.6 Å². The molecule has 0 heterocycles. The number of allylic oxidation sites excluding steroid dienone is 3. The molecule has 0 aliphatic rings. The zero-order chi connectivity index (χ0) is 15.9. The van der Waals surface area contributed by atoms with E-state index >= 15 is 0 Å². The molecule has 0 aliphatic carbocycles. The predicted octanol–water partition coefficient (Wildman–Crippen LogP) is 3.99. The molecule has 0 fully saturated rings. The van der Waals surface area contributed by atoms with Crippen LogP contribution in [-0.4, -0.2) is 37.5 Å².